The van der Waals surface area contributed by atoms with Gasteiger partial charge in [-0.25, -0.2) is 0 Å². The molecule has 0 saturated heterocycles. The monoisotopic (exact) mass is 291 g/mol. The molecule has 3 N–H and O–H groups in total. The van der Waals surface area contributed by atoms with E-state index in [1.807, 2.05) is 32.0 Å². The van der Waals surface area contributed by atoms with Crippen LogP contribution >= 0.6 is 11.6 Å². The molecule has 2 rings (SSSR count). The van der Waals surface area contributed by atoms with E-state index in [0.29, 0.717) is 23.7 Å². The second-order valence-corrected chi connectivity index (χ2v) is 5.19. The van der Waals surface area contributed by atoms with Gasteiger partial charge in [-0.15, -0.1) is 0 Å². The van der Waals surface area contributed by atoms with Crippen molar-refractivity contribution in [3.05, 3.63) is 35.0 Å². The lowest BCUT2D eigenvalue weighted by atomic mass is 10.0. The molecule has 1 atom stereocenters. The molecule has 1 amide bonds. The summed E-state index contributed by atoms with van der Waals surface area (Å²) in [6.07, 6.45) is 2.42. The number of carbonyl (C=O) groups excluding carboxylic acids is 1. The number of nitrogens with two attached hydrogens (primary N) is 1. The minimum Gasteiger partial charge on any atom is -0.330 e. The van der Waals surface area contributed by atoms with E-state index in [1.54, 1.807) is 6.20 Å². The summed E-state index contributed by atoms with van der Waals surface area (Å²) in [7, 11) is 0. The lowest BCUT2D eigenvalue weighted by Crippen LogP contribution is -2.28. The first kappa shape index (κ1) is 14.8. The third-order valence-electron chi connectivity index (χ3n) is 3.43. The molecule has 0 radical (unpaired) electrons. The SMILES string of the molecule is CCC(CN)C(=O)Nc1c(Cl)cc(C)c2ncccc12. The molecule has 1 heterocycles. The number of rotatable bonds is 4. The quantitative estimate of drug-likeness (QED) is 0.909. The predicted octanol–water partition coefficient (Wildman–Crippen LogP) is 3.12. The zero-order valence-corrected chi connectivity index (χ0v) is 12.4. The molecule has 106 valence electrons. The number of aryl methyl sites for hydroxylation is 1. The Morgan fingerprint density at radius 3 is 2.95 bits per heavy atom. The van der Waals surface area contributed by atoms with E-state index in [1.165, 1.54) is 0 Å². The summed E-state index contributed by atoms with van der Waals surface area (Å²) in [4.78, 5) is 16.5. The number of amides is 1. The number of halogens is 1. The Kier molecular flexibility index (Phi) is 4.57. The van der Waals surface area contributed by atoms with E-state index in [0.717, 1.165) is 16.5 Å². The maximum atomic E-state index is 12.2. The van der Waals surface area contributed by atoms with Gasteiger partial charge >= 0.3 is 0 Å². The van der Waals surface area contributed by atoms with Gasteiger partial charge in [0.15, 0.2) is 0 Å². The van der Waals surface area contributed by atoms with Gasteiger partial charge in [-0.3, -0.25) is 9.78 Å². The summed E-state index contributed by atoms with van der Waals surface area (Å²) in [5.41, 5.74) is 8.04. The Balaban J connectivity index is 2.47. The van der Waals surface area contributed by atoms with Gasteiger partial charge in [-0.2, -0.15) is 0 Å². The third kappa shape index (κ3) is 2.76. The summed E-state index contributed by atoms with van der Waals surface area (Å²) >= 11 is 6.27. The van der Waals surface area contributed by atoms with Crippen LogP contribution in [-0.4, -0.2) is 17.4 Å². The highest BCUT2D eigenvalue weighted by molar-refractivity contribution is 6.35. The highest BCUT2D eigenvalue weighted by atomic mass is 35.5. The van der Waals surface area contributed by atoms with Crippen molar-refractivity contribution in [3.63, 3.8) is 0 Å². The number of fused-ring (bicyclic) bond motifs is 1. The second kappa shape index (κ2) is 6.20. The molecular formula is C15H18ClN3O. The van der Waals surface area contributed by atoms with Gasteiger partial charge in [0.2, 0.25) is 5.91 Å². The number of hydrogen-bond donors (Lipinski definition) is 2. The molecule has 5 heteroatoms. The molecule has 0 saturated carbocycles. The lowest BCUT2D eigenvalue weighted by molar-refractivity contribution is -0.119. The van der Waals surface area contributed by atoms with Crippen molar-refractivity contribution in [3.8, 4) is 0 Å². The van der Waals surface area contributed by atoms with Crippen LogP contribution in [0.1, 0.15) is 18.9 Å². The van der Waals surface area contributed by atoms with Crippen LogP contribution in [-0.2, 0) is 4.79 Å². The van der Waals surface area contributed by atoms with E-state index < -0.39 is 0 Å². The molecule has 0 fully saturated rings. The Labute approximate surface area is 123 Å². The van der Waals surface area contributed by atoms with Crippen LogP contribution in [0.4, 0.5) is 5.69 Å². The van der Waals surface area contributed by atoms with Crippen LogP contribution in [0.5, 0.6) is 0 Å². The summed E-state index contributed by atoms with van der Waals surface area (Å²) in [6, 6.07) is 5.55. The molecule has 0 bridgehead atoms. The molecule has 1 aromatic carbocycles. The minimum atomic E-state index is -0.209. The number of nitrogens with one attached hydrogen (secondary N) is 1. The zero-order valence-electron chi connectivity index (χ0n) is 11.6. The number of carbonyl (C=O) groups is 1. The minimum absolute atomic E-state index is 0.106. The standard InChI is InChI=1S/C15H18ClN3O/c1-3-10(8-17)15(20)19-14-11-5-4-6-18-13(11)9(2)7-12(14)16/h4-7,10H,3,8,17H2,1-2H3,(H,19,20). The van der Waals surface area contributed by atoms with Gasteiger partial charge in [0, 0.05) is 18.1 Å². The maximum absolute atomic E-state index is 12.2. The van der Waals surface area contributed by atoms with Gasteiger partial charge in [-0.1, -0.05) is 18.5 Å². The Bertz CT molecular complexity index is 638. The molecular weight excluding hydrogens is 274 g/mol. The normalized spacial score (nSPS) is 12.4. The average molecular weight is 292 g/mol. The highest BCUT2D eigenvalue weighted by Crippen LogP contribution is 2.32. The van der Waals surface area contributed by atoms with Crippen LogP contribution in [0.2, 0.25) is 5.02 Å². The van der Waals surface area contributed by atoms with Gasteiger partial charge in [0.05, 0.1) is 22.1 Å². The summed E-state index contributed by atoms with van der Waals surface area (Å²) in [5.74, 6) is -0.315. The Morgan fingerprint density at radius 2 is 2.30 bits per heavy atom. The fourth-order valence-electron chi connectivity index (χ4n) is 2.19. The van der Waals surface area contributed by atoms with Gasteiger partial charge in [-0.05, 0) is 37.1 Å². The van der Waals surface area contributed by atoms with Crippen LogP contribution in [0.3, 0.4) is 0 Å². The van der Waals surface area contributed by atoms with Crippen molar-refractivity contribution < 1.29 is 4.79 Å². The van der Waals surface area contributed by atoms with Crippen molar-refractivity contribution in [1.29, 1.82) is 0 Å². The molecule has 4 nitrogen and oxygen atoms in total. The topological polar surface area (TPSA) is 68.0 Å². The first-order chi connectivity index (χ1) is 9.58. The number of anilines is 1. The van der Waals surface area contributed by atoms with Crippen LogP contribution < -0.4 is 11.1 Å². The number of aromatic nitrogens is 1. The van der Waals surface area contributed by atoms with Crippen LogP contribution in [0, 0.1) is 12.8 Å². The Morgan fingerprint density at radius 1 is 1.55 bits per heavy atom. The van der Waals surface area contributed by atoms with E-state index in [9.17, 15) is 4.79 Å². The van der Waals surface area contributed by atoms with Gasteiger partial charge in [0.1, 0.15) is 0 Å². The van der Waals surface area contributed by atoms with Crippen LogP contribution in [0.25, 0.3) is 10.9 Å². The summed E-state index contributed by atoms with van der Waals surface area (Å²) < 4.78 is 0. The van der Waals surface area contributed by atoms with Crippen LogP contribution in [0.15, 0.2) is 24.4 Å². The van der Waals surface area contributed by atoms with Crippen molar-refractivity contribution in [1.82, 2.24) is 4.98 Å². The molecule has 0 aliphatic carbocycles. The number of benzene rings is 1. The molecule has 2 aromatic rings. The fourth-order valence-corrected chi connectivity index (χ4v) is 2.50. The second-order valence-electron chi connectivity index (χ2n) is 4.78. The van der Waals surface area contributed by atoms with E-state index in [4.69, 9.17) is 17.3 Å². The summed E-state index contributed by atoms with van der Waals surface area (Å²) in [6.45, 7) is 4.21. The highest BCUT2D eigenvalue weighted by Gasteiger charge is 2.18. The molecule has 1 unspecified atom stereocenters. The fraction of sp³-hybridized carbons (Fsp3) is 0.333. The molecule has 0 aliphatic rings. The molecule has 0 aliphatic heterocycles. The number of hydrogen-bond acceptors (Lipinski definition) is 3. The lowest BCUT2D eigenvalue weighted by Gasteiger charge is -2.16. The first-order valence-electron chi connectivity index (χ1n) is 6.63. The van der Waals surface area contributed by atoms with Crippen molar-refractivity contribution in [2.75, 3.05) is 11.9 Å². The summed E-state index contributed by atoms with van der Waals surface area (Å²) in [5, 5.41) is 4.25. The molecule has 20 heavy (non-hydrogen) atoms. The van der Waals surface area contributed by atoms with E-state index >= 15 is 0 Å². The van der Waals surface area contributed by atoms with Crippen molar-refractivity contribution in [2.24, 2.45) is 11.7 Å². The third-order valence-corrected chi connectivity index (χ3v) is 3.73. The number of nitrogens with zero attached hydrogens (tertiary/aromatic N) is 1. The maximum Gasteiger partial charge on any atom is 0.228 e. The number of pyridine rings is 1. The zero-order chi connectivity index (χ0) is 14.7. The van der Waals surface area contributed by atoms with Gasteiger partial charge < -0.3 is 11.1 Å². The largest absolute Gasteiger partial charge is 0.330 e. The van der Waals surface area contributed by atoms with Gasteiger partial charge in [0.25, 0.3) is 0 Å². The van der Waals surface area contributed by atoms with E-state index in [2.05, 4.69) is 10.3 Å². The molecule has 1 aromatic heterocycles. The molecule has 0 spiro atoms. The predicted molar refractivity (Wildman–Crippen MR) is 83.0 cm³/mol. The smallest absolute Gasteiger partial charge is 0.228 e. The van der Waals surface area contributed by atoms with Crippen molar-refractivity contribution >= 4 is 34.1 Å². The Hall–Kier alpha value is -1.65. The van der Waals surface area contributed by atoms with E-state index in [-0.39, 0.29) is 11.8 Å². The average Bonchev–Trinajstić information content (AvgIpc) is 2.45. The first-order valence-corrected chi connectivity index (χ1v) is 7.01. The van der Waals surface area contributed by atoms with Crippen molar-refractivity contribution in [2.45, 2.75) is 20.3 Å².